The van der Waals surface area contributed by atoms with E-state index in [4.69, 9.17) is 10.5 Å². The molecule has 8 nitrogen and oxygen atoms in total. The first-order valence-corrected chi connectivity index (χ1v) is 8.35. The Balaban J connectivity index is 2.00. The van der Waals surface area contributed by atoms with Crippen molar-refractivity contribution in [2.45, 2.75) is 12.3 Å². The number of ether oxygens (including phenoxy) is 1. The predicted octanol–water partition coefficient (Wildman–Crippen LogP) is -0.134. The Bertz CT molecular complexity index is 585. The molecule has 1 fully saturated rings. The fourth-order valence-electron chi connectivity index (χ4n) is 2.04. The number of hydrogen-bond acceptors (Lipinski definition) is 7. The van der Waals surface area contributed by atoms with Gasteiger partial charge in [-0.25, -0.2) is 17.7 Å². The molecule has 3 N–H and O–H groups in total. The molecule has 1 atom stereocenters. The van der Waals surface area contributed by atoms with Crippen LogP contribution in [0.3, 0.4) is 0 Å². The normalized spacial score (nSPS) is 19.1. The topological polar surface area (TPSA) is 110 Å². The van der Waals surface area contributed by atoms with Gasteiger partial charge in [-0.2, -0.15) is 4.98 Å². The molecule has 1 saturated heterocycles. The summed E-state index contributed by atoms with van der Waals surface area (Å²) in [7, 11) is -0.208. The van der Waals surface area contributed by atoms with Gasteiger partial charge in [0.2, 0.25) is 16.0 Å². The lowest BCUT2D eigenvalue weighted by molar-refractivity contribution is 0.193. The zero-order valence-electron chi connectivity index (χ0n) is 12.2. The molecule has 0 spiro atoms. The number of rotatable bonds is 6. The van der Waals surface area contributed by atoms with Crippen LogP contribution in [0.1, 0.15) is 18.0 Å². The quantitative estimate of drug-likeness (QED) is 0.752. The lowest BCUT2D eigenvalue weighted by atomic mass is 10.0. The fraction of sp³-hybridized carbons (Fsp3) is 0.667. The van der Waals surface area contributed by atoms with Crippen LogP contribution in [0.4, 0.5) is 11.8 Å². The van der Waals surface area contributed by atoms with Gasteiger partial charge in [0.25, 0.3) is 0 Å². The number of nitrogen functional groups attached to an aromatic ring is 1. The molecule has 0 radical (unpaired) electrons. The van der Waals surface area contributed by atoms with Gasteiger partial charge in [-0.15, -0.1) is 0 Å². The molecule has 0 saturated carbocycles. The summed E-state index contributed by atoms with van der Waals surface area (Å²) in [6.45, 7) is 1.61. The van der Waals surface area contributed by atoms with Crippen molar-refractivity contribution < 1.29 is 13.2 Å². The summed E-state index contributed by atoms with van der Waals surface area (Å²) >= 11 is 0. The third-order valence-corrected chi connectivity index (χ3v) is 5.17. The molecule has 1 aromatic heterocycles. The predicted molar refractivity (Wildman–Crippen MR) is 80.6 cm³/mol. The van der Waals surface area contributed by atoms with E-state index in [2.05, 4.69) is 15.3 Å². The van der Waals surface area contributed by atoms with E-state index < -0.39 is 10.0 Å². The van der Waals surface area contributed by atoms with Gasteiger partial charge >= 0.3 is 0 Å². The maximum absolute atomic E-state index is 11.7. The molecule has 1 aromatic rings. The van der Waals surface area contributed by atoms with Gasteiger partial charge in [0.15, 0.2) is 0 Å². The Hall–Kier alpha value is -1.45. The third kappa shape index (κ3) is 4.26. The number of aromatic nitrogens is 2. The smallest absolute Gasteiger partial charge is 0.222 e. The SMILES string of the molecule is CN(C)S(=O)(=O)CCNc1cc([C@@H]2CCOC2)nc(N)n1. The number of nitrogens with one attached hydrogen (secondary N) is 1. The standard InChI is InChI=1S/C12H21N5O3S/c1-17(2)21(18,19)6-4-14-11-7-10(15-12(13)16-11)9-3-5-20-8-9/h7,9H,3-6,8H2,1-2H3,(H3,13,14,15,16)/t9-/m1/s1. The number of nitrogens with zero attached hydrogens (tertiary/aromatic N) is 3. The van der Waals surface area contributed by atoms with Crippen LogP contribution in [0.15, 0.2) is 6.07 Å². The molecule has 2 heterocycles. The number of hydrogen-bond donors (Lipinski definition) is 2. The summed E-state index contributed by atoms with van der Waals surface area (Å²) in [4.78, 5) is 8.30. The van der Waals surface area contributed by atoms with Crippen molar-refractivity contribution in [1.82, 2.24) is 14.3 Å². The van der Waals surface area contributed by atoms with Crippen molar-refractivity contribution in [2.24, 2.45) is 0 Å². The number of nitrogens with two attached hydrogens (primary N) is 1. The summed E-state index contributed by atoms with van der Waals surface area (Å²) in [6, 6.07) is 1.80. The monoisotopic (exact) mass is 315 g/mol. The largest absolute Gasteiger partial charge is 0.381 e. The maximum atomic E-state index is 11.7. The lowest BCUT2D eigenvalue weighted by Gasteiger charge is -2.13. The van der Waals surface area contributed by atoms with Crippen molar-refractivity contribution in [3.63, 3.8) is 0 Å². The van der Waals surface area contributed by atoms with E-state index in [-0.39, 0.29) is 24.2 Å². The molecule has 0 aromatic carbocycles. The lowest BCUT2D eigenvalue weighted by Crippen LogP contribution is -2.28. The molecule has 2 rings (SSSR count). The van der Waals surface area contributed by atoms with E-state index in [1.54, 1.807) is 6.07 Å². The average molecular weight is 315 g/mol. The van der Waals surface area contributed by atoms with Gasteiger partial charge in [0, 0.05) is 39.2 Å². The van der Waals surface area contributed by atoms with Gasteiger partial charge in [0.1, 0.15) is 5.82 Å². The first-order valence-electron chi connectivity index (χ1n) is 6.75. The molecule has 0 amide bonds. The minimum absolute atomic E-state index is 0.00815. The summed E-state index contributed by atoms with van der Waals surface area (Å²) < 4.78 is 29.9. The highest BCUT2D eigenvalue weighted by atomic mass is 32.2. The zero-order chi connectivity index (χ0) is 15.5. The maximum Gasteiger partial charge on any atom is 0.222 e. The van der Waals surface area contributed by atoms with Gasteiger partial charge in [-0.1, -0.05) is 0 Å². The molecule has 1 aliphatic rings. The van der Waals surface area contributed by atoms with Crippen molar-refractivity contribution in [3.05, 3.63) is 11.8 Å². The molecule has 21 heavy (non-hydrogen) atoms. The van der Waals surface area contributed by atoms with Crippen molar-refractivity contribution in [2.75, 3.05) is 50.7 Å². The van der Waals surface area contributed by atoms with E-state index >= 15 is 0 Å². The second-order valence-electron chi connectivity index (χ2n) is 5.12. The van der Waals surface area contributed by atoms with E-state index in [1.165, 1.54) is 18.4 Å². The summed E-state index contributed by atoms with van der Waals surface area (Å²) in [5, 5.41) is 2.98. The molecule has 0 aliphatic carbocycles. The fourth-order valence-corrected chi connectivity index (χ4v) is 2.77. The zero-order valence-corrected chi connectivity index (χ0v) is 13.1. The number of anilines is 2. The highest BCUT2D eigenvalue weighted by molar-refractivity contribution is 7.89. The van der Waals surface area contributed by atoms with Gasteiger partial charge in [-0.3, -0.25) is 0 Å². The van der Waals surface area contributed by atoms with Crippen LogP contribution in [-0.2, 0) is 14.8 Å². The van der Waals surface area contributed by atoms with Crippen molar-refractivity contribution >= 4 is 21.8 Å². The summed E-state index contributed by atoms with van der Waals surface area (Å²) in [6.07, 6.45) is 0.908. The third-order valence-electron chi connectivity index (χ3n) is 3.33. The molecule has 0 bridgehead atoms. The molecular formula is C12H21N5O3S. The van der Waals surface area contributed by atoms with Crippen LogP contribution in [0, 0.1) is 0 Å². The molecule has 9 heteroatoms. The van der Waals surface area contributed by atoms with Crippen LogP contribution in [0.2, 0.25) is 0 Å². The van der Waals surface area contributed by atoms with E-state index in [9.17, 15) is 8.42 Å². The van der Waals surface area contributed by atoms with Crippen molar-refractivity contribution in [3.8, 4) is 0 Å². The van der Waals surface area contributed by atoms with Crippen LogP contribution in [0.5, 0.6) is 0 Å². The summed E-state index contributed by atoms with van der Waals surface area (Å²) in [5.74, 6) is 0.934. The summed E-state index contributed by atoms with van der Waals surface area (Å²) in [5.41, 5.74) is 6.53. The first kappa shape index (κ1) is 15.9. The van der Waals surface area contributed by atoms with Crippen LogP contribution in [0.25, 0.3) is 0 Å². The van der Waals surface area contributed by atoms with Crippen LogP contribution >= 0.6 is 0 Å². The molecule has 118 valence electrons. The molecule has 0 unspecified atom stereocenters. The second-order valence-corrected chi connectivity index (χ2v) is 7.42. The minimum atomic E-state index is -3.23. The Morgan fingerprint density at radius 2 is 2.24 bits per heavy atom. The van der Waals surface area contributed by atoms with E-state index in [0.717, 1.165) is 18.7 Å². The Morgan fingerprint density at radius 1 is 1.48 bits per heavy atom. The highest BCUT2D eigenvalue weighted by Gasteiger charge is 2.20. The second kappa shape index (κ2) is 6.54. The van der Waals surface area contributed by atoms with Gasteiger partial charge in [0.05, 0.1) is 18.1 Å². The van der Waals surface area contributed by atoms with Crippen molar-refractivity contribution in [1.29, 1.82) is 0 Å². The molecule has 1 aliphatic heterocycles. The highest BCUT2D eigenvalue weighted by Crippen LogP contribution is 2.25. The average Bonchev–Trinajstić information content (AvgIpc) is 2.91. The Labute approximate surface area is 124 Å². The van der Waals surface area contributed by atoms with Crippen LogP contribution < -0.4 is 11.1 Å². The van der Waals surface area contributed by atoms with E-state index in [1.807, 2.05) is 0 Å². The number of sulfonamides is 1. The Kier molecular flexibility index (Phi) is 4.96. The van der Waals surface area contributed by atoms with Crippen LogP contribution in [-0.4, -0.2) is 62.3 Å². The Morgan fingerprint density at radius 3 is 2.86 bits per heavy atom. The van der Waals surface area contributed by atoms with E-state index in [0.29, 0.717) is 12.4 Å². The first-order chi connectivity index (χ1) is 9.88. The van der Waals surface area contributed by atoms with Gasteiger partial charge < -0.3 is 15.8 Å². The molecular weight excluding hydrogens is 294 g/mol. The van der Waals surface area contributed by atoms with Gasteiger partial charge in [-0.05, 0) is 6.42 Å². The minimum Gasteiger partial charge on any atom is -0.381 e.